The van der Waals surface area contributed by atoms with E-state index >= 15 is 0 Å². The smallest absolute Gasteiger partial charge is 0.268 e. The quantitative estimate of drug-likeness (QED) is 0.536. The Balaban J connectivity index is 1.59. The van der Waals surface area contributed by atoms with Crippen LogP contribution in [0.25, 0.3) is 0 Å². The fraction of sp³-hybridized carbons (Fsp3) is 0.0625. The van der Waals surface area contributed by atoms with Crippen molar-refractivity contribution in [2.24, 2.45) is 5.10 Å². The van der Waals surface area contributed by atoms with Gasteiger partial charge >= 0.3 is 0 Å². The molecule has 23 heavy (non-hydrogen) atoms. The second-order valence-electron chi connectivity index (χ2n) is 4.74. The Morgan fingerprint density at radius 3 is 2.87 bits per heavy atom. The number of halogens is 1. The highest BCUT2D eigenvalue weighted by atomic mass is 79.9. The van der Waals surface area contributed by atoms with Crippen molar-refractivity contribution in [2.45, 2.75) is 6.54 Å². The third-order valence-electron chi connectivity index (χ3n) is 3.03. The van der Waals surface area contributed by atoms with Crippen LogP contribution < -0.4 is 5.43 Å². The number of hydrogen-bond donors (Lipinski definition) is 1. The van der Waals surface area contributed by atoms with Crippen molar-refractivity contribution in [3.63, 3.8) is 0 Å². The Morgan fingerprint density at radius 1 is 1.30 bits per heavy atom. The van der Waals surface area contributed by atoms with Crippen LogP contribution in [0.1, 0.15) is 20.9 Å². The van der Waals surface area contributed by atoms with Crippen LogP contribution in [0.5, 0.6) is 0 Å². The van der Waals surface area contributed by atoms with Crippen LogP contribution in [0, 0.1) is 0 Å². The second-order valence-corrected chi connectivity index (χ2v) is 6.63. The van der Waals surface area contributed by atoms with Crippen molar-refractivity contribution in [3.05, 3.63) is 74.6 Å². The number of amides is 1. The van der Waals surface area contributed by atoms with Gasteiger partial charge in [-0.25, -0.2) is 5.43 Å². The maximum absolute atomic E-state index is 12.0. The molecule has 0 aliphatic carbocycles. The first-order valence-corrected chi connectivity index (χ1v) is 8.53. The third kappa shape index (κ3) is 4.37. The molecule has 1 aromatic carbocycles. The van der Waals surface area contributed by atoms with Gasteiger partial charge in [-0.1, -0.05) is 34.1 Å². The normalized spacial score (nSPS) is 11.0. The minimum Gasteiger partial charge on any atom is -0.268 e. The molecule has 3 aromatic rings. The third-order valence-corrected chi connectivity index (χ3v) is 4.37. The SMILES string of the molecule is O=C(N/N=C/c1cccs1)c1ccn(Cc2ccc(Br)cc2)n1. The van der Waals surface area contributed by atoms with Gasteiger partial charge in [-0.15, -0.1) is 11.3 Å². The number of rotatable bonds is 5. The Bertz CT molecular complexity index is 809. The lowest BCUT2D eigenvalue weighted by Gasteiger charge is -2.02. The Morgan fingerprint density at radius 2 is 2.13 bits per heavy atom. The molecule has 5 nitrogen and oxygen atoms in total. The van der Waals surface area contributed by atoms with E-state index < -0.39 is 0 Å². The van der Waals surface area contributed by atoms with Crippen LogP contribution >= 0.6 is 27.3 Å². The molecule has 0 atom stereocenters. The molecule has 0 saturated heterocycles. The van der Waals surface area contributed by atoms with Crippen molar-refractivity contribution >= 4 is 39.4 Å². The highest BCUT2D eigenvalue weighted by Crippen LogP contribution is 2.11. The minimum absolute atomic E-state index is 0.327. The molecule has 0 aliphatic heterocycles. The van der Waals surface area contributed by atoms with Crippen LogP contribution in [0.2, 0.25) is 0 Å². The first-order chi connectivity index (χ1) is 11.2. The molecule has 0 aliphatic rings. The lowest BCUT2D eigenvalue weighted by molar-refractivity contribution is 0.0949. The number of hydrogen-bond acceptors (Lipinski definition) is 4. The average Bonchev–Trinajstić information content (AvgIpc) is 3.21. The van der Waals surface area contributed by atoms with Gasteiger partial charge in [0, 0.05) is 15.5 Å². The zero-order valence-corrected chi connectivity index (χ0v) is 14.4. The molecule has 0 bridgehead atoms. The van der Waals surface area contributed by atoms with E-state index in [2.05, 4.69) is 31.6 Å². The Hall–Kier alpha value is -2.25. The number of thiophene rings is 1. The number of benzene rings is 1. The van der Waals surface area contributed by atoms with E-state index in [1.807, 2.05) is 41.8 Å². The molecule has 2 aromatic heterocycles. The molecule has 0 unspecified atom stereocenters. The number of nitrogens with one attached hydrogen (secondary N) is 1. The van der Waals surface area contributed by atoms with Crippen LogP contribution in [-0.2, 0) is 6.54 Å². The summed E-state index contributed by atoms with van der Waals surface area (Å²) in [7, 11) is 0. The predicted molar refractivity (Wildman–Crippen MR) is 94.9 cm³/mol. The van der Waals surface area contributed by atoms with Gasteiger partial charge in [-0.2, -0.15) is 10.2 Å². The van der Waals surface area contributed by atoms with E-state index in [0.29, 0.717) is 12.2 Å². The van der Waals surface area contributed by atoms with Crippen molar-refractivity contribution in [3.8, 4) is 0 Å². The summed E-state index contributed by atoms with van der Waals surface area (Å²) in [5.74, 6) is -0.327. The minimum atomic E-state index is -0.327. The summed E-state index contributed by atoms with van der Waals surface area (Å²) in [6, 6.07) is 13.5. The van der Waals surface area contributed by atoms with Crippen molar-refractivity contribution in [1.82, 2.24) is 15.2 Å². The van der Waals surface area contributed by atoms with Crippen LogP contribution in [0.15, 0.2) is 63.6 Å². The number of carbonyl (C=O) groups is 1. The van der Waals surface area contributed by atoms with Gasteiger partial charge in [0.25, 0.3) is 5.91 Å². The molecule has 0 fully saturated rings. The van der Waals surface area contributed by atoms with E-state index in [4.69, 9.17) is 0 Å². The molecule has 2 heterocycles. The molecule has 0 spiro atoms. The summed E-state index contributed by atoms with van der Waals surface area (Å²) in [4.78, 5) is 13.0. The molecule has 7 heteroatoms. The first-order valence-electron chi connectivity index (χ1n) is 6.85. The summed E-state index contributed by atoms with van der Waals surface area (Å²) in [6.07, 6.45) is 3.39. The van der Waals surface area contributed by atoms with Gasteiger partial charge in [0.05, 0.1) is 12.8 Å². The van der Waals surface area contributed by atoms with E-state index in [-0.39, 0.29) is 5.91 Å². The van der Waals surface area contributed by atoms with Crippen LogP contribution in [0.4, 0.5) is 0 Å². The molecule has 0 radical (unpaired) electrons. The molecule has 116 valence electrons. The molecule has 1 amide bonds. The highest BCUT2D eigenvalue weighted by Gasteiger charge is 2.08. The largest absolute Gasteiger partial charge is 0.291 e. The highest BCUT2D eigenvalue weighted by molar-refractivity contribution is 9.10. The predicted octanol–water partition coefficient (Wildman–Crippen LogP) is 3.52. The Labute approximate surface area is 145 Å². The van der Waals surface area contributed by atoms with Crippen molar-refractivity contribution in [1.29, 1.82) is 0 Å². The van der Waals surface area contributed by atoms with Gasteiger partial charge in [-0.05, 0) is 35.2 Å². The monoisotopic (exact) mass is 388 g/mol. The standard InChI is InChI=1S/C16H13BrN4OS/c17-13-5-3-12(4-6-13)11-21-8-7-15(20-21)16(22)19-18-10-14-2-1-9-23-14/h1-10H,11H2,(H,19,22)/b18-10+. The number of aromatic nitrogens is 2. The zero-order valence-electron chi connectivity index (χ0n) is 12.0. The molecule has 1 N–H and O–H groups in total. The number of hydrazone groups is 1. The van der Waals surface area contributed by atoms with E-state index in [1.165, 1.54) is 0 Å². The van der Waals surface area contributed by atoms with E-state index in [1.54, 1.807) is 34.5 Å². The fourth-order valence-electron chi connectivity index (χ4n) is 1.92. The average molecular weight is 389 g/mol. The van der Waals surface area contributed by atoms with E-state index in [9.17, 15) is 4.79 Å². The van der Waals surface area contributed by atoms with Gasteiger partial charge in [0.15, 0.2) is 5.69 Å². The molecular weight excluding hydrogens is 376 g/mol. The lowest BCUT2D eigenvalue weighted by atomic mass is 10.2. The molecule has 3 rings (SSSR count). The van der Waals surface area contributed by atoms with Gasteiger partial charge in [0.1, 0.15) is 0 Å². The van der Waals surface area contributed by atoms with Gasteiger partial charge in [0.2, 0.25) is 0 Å². The van der Waals surface area contributed by atoms with Crippen LogP contribution in [-0.4, -0.2) is 21.9 Å². The number of nitrogens with zero attached hydrogens (tertiary/aromatic N) is 3. The van der Waals surface area contributed by atoms with Crippen LogP contribution in [0.3, 0.4) is 0 Å². The maximum Gasteiger partial charge on any atom is 0.291 e. The maximum atomic E-state index is 12.0. The number of carbonyl (C=O) groups excluding carboxylic acids is 1. The molecule has 0 saturated carbocycles. The Kier molecular flexibility index (Phi) is 4.99. The summed E-state index contributed by atoms with van der Waals surface area (Å²) in [6.45, 7) is 0.610. The molecular formula is C16H13BrN4OS. The summed E-state index contributed by atoms with van der Waals surface area (Å²) in [5.41, 5.74) is 3.93. The fourth-order valence-corrected chi connectivity index (χ4v) is 2.77. The topological polar surface area (TPSA) is 59.3 Å². The summed E-state index contributed by atoms with van der Waals surface area (Å²) < 4.78 is 2.76. The summed E-state index contributed by atoms with van der Waals surface area (Å²) in [5, 5.41) is 10.1. The van der Waals surface area contributed by atoms with Crippen molar-refractivity contribution in [2.75, 3.05) is 0 Å². The van der Waals surface area contributed by atoms with E-state index in [0.717, 1.165) is 14.9 Å². The van der Waals surface area contributed by atoms with Gasteiger partial charge < -0.3 is 0 Å². The van der Waals surface area contributed by atoms with Crippen molar-refractivity contribution < 1.29 is 4.79 Å². The zero-order chi connectivity index (χ0) is 16.1. The van der Waals surface area contributed by atoms with Gasteiger partial charge in [-0.3, -0.25) is 9.48 Å². The second kappa shape index (κ2) is 7.34. The lowest BCUT2D eigenvalue weighted by Crippen LogP contribution is -2.18. The first kappa shape index (κ1) is 15.6. The summed E-state index contributed by atoms with van der Waals surface area (Å²) >= 11 is 4.96.